The molecule has 68 valence electrons. The molecule has 1 N–H and O–H groups in total. The van der Waals surface area contributed by atoms with Gasteiger partial charge in [0, 0.05) is 6.21 Å². The first-order valence-electron chi connectivity index (χ1n) is 4.44. The van der Waals surface area contributed by atoms with E-state index in [2.05, 4.69) is 13.5 Å². The molecule has 1 saturated carbocycles. The monoisotopic (exact) mass is 167 g/mol. The van der Waals surface area contributed by atoms with E-state index in [1.807, 2.05) is 6.08 Å². The fourth-order valence-electron chi connectivity index (χ4n) is 1.39. The highest BCUT2D eigenvalue weighted by molar-refractivity contribution is 5.54. The molecule has 2 heteroatoms. The molecule has 0 saturated heterocycles. The summed E-state index contributed by atoms with van der Waals surface area (Å²) in [7, 11) is 0. The van der Waals surface area contributed by atoms with Gasteiger partial charge < -0.3 is 10.1 Å². The molecule has 1 fully saturated rings. The van der Waals surface area contributed by atoms with E-state index in [-0.39, 0.29) is 6.10 Å². The average molecular weight is 167 g/mol. The van der Waals surface area contributed by atoms with Gasteiger partial charge in [0.2, 0.25) is 0 Å². The van der Waals surface area contributed by atoms with Gasteiger partial charge in [0.05, 0.1) is 12.7 Å². The topological polar surface area (TPSA) is 33.1 Å². The van der Waals surface area contributed by atoms with Crippen molar-refractivity contribution in [2.24, 2.45) is 5.41 Å². The van der Waals surface area contributed by atoms with Crippen LogP contribution in [0.3, 0.4) is 0 Å². The van der Waals surface area contributed by atoms with E-state index in [0.717, 1.165) is 6.42 Å². The van der Waals surface area contributed by atoms with Gasteiger partial charge in [0.25, 0.3) is 0 Å². The molecule has 1 aliphatic carbocycles. The van der Waals surface area contributed by atoms with Crippen molar-refractivity contribution in [2.75, 3.05) is 6.61 Å². The van der Waals surface area contributed by atoms with Crippen molar-refractivity contribution in [1.29, 1.82) is 5.41 Å². The highest BCUT2D eigenvalue weighted by atomic mass is 16.5. The summed E-state index contributed by atoms with van der Waals surface area (Å²) in [6.07, 6.45) is 6.90. The Balaban J connectivity index is 2.37. The van der Waals surface area contributed by atoms with Crippen LogP contribution in [0.15, 0.2) is 12.7 Å². The molecule has 1 atom stereocenters. The normalized spacial score (nSPS) is 21.4. The third kappa shape index (κ3) is 2.18. The van der Waals surface area contributed by atoms with E-state index >= 15 is 0 Å². The van der Waals surface area contributed by atoms with Crippen LogP contribution in [-0.2, 0) is 4.74 Å². The Morgan fingerprint density at radius 3 is 2.75 bits per heavy atom. The maximum Gasteiger partial charge on any atom is 0.0815 e. The van der Waals surface area contributed by atoms with Crippen molar-refractivity contribution in [3.63, 3.8) is 0 Å². The zero-order valence-corrected chi connectivity index (χ0v) is 7.68. The van der Waals surface area contributed by atoms with Crippen LogP contribution in [0.1, 0.15) is 26.2 Å². The number of rotatable bonds is 6. The average Bonchev–Trinajstić information content (AvgIpc) is 2.78. The molecule has 0 amide bonds. The Labute approximate surface area is 74.1 Å². The third-order valence-corrected chi connectivity index (χ3v) is 2.58. The lowest BCUT2D eigenvalue weighted by Gasteiger charge is -2.21. The summed E-state index contributed by atoms with van der Waals surface area (Å²) in [4.78, 5) is 0. The van der Waals surface area contributed by atoms with Crippen molar-refractivity contribution in [2.45, 2.75) is 32.3 Å². The van der Waals surface area contributed by atoms with Crippen LogP contribution >= 0.6 is 0 Å². The minimum absolute atomic E-state index is 0.275. The highest BCUT2D eigenvalue weighted by Gasteiger charge is 2.44. The lowest BCUT2D eigenvalue weighted by Crippen LogP contribution is -2.23. The van der Waals surface area contributed by atoms with Crippen molar-refractivity contribution in [3.05, 3.63) is 12.7 Å². The summed E-state index contributed by atoms with van der Waals surface area (Å²) < 4.78 is 5.54. The molecular weight excluding hydrogens is 150 g/mol. The summed E-state index contributed by atoms with van der Waals surface area (Å²) in [5.74, 6) is 0. The van der Waals surface area contributed by atoms with Crippen molar-refractivity contribution in [1.82, 2.24) is 0 Å². The summed E-state index contributed by atoms with van der Waals surface area (Å²) >= 11 is 0. The molecule has 0 radical (unpaired) electrons. The predicted octanol–water partition coefficient (Wildman–Crippen LogP) is 2.40. The first kappa shape index (κ1) is 9.46. The van der Waals surface area contributed by atoms with E-state index in [0.29, 0.717) is 12.0 Å². The zero-order valence-electron chi connectivity index (χ0n) is 7.68. The summed E-state index contributed by atoms with van der Waals surface area (Å²) in [6, 6.07) is 0. The molecule has 0 aliphatic heterocycles. The molecule has 1 rings (SSSR count). The van der Waals surface area contributed by atoms with E-state index < -0.39 is 0 Å². The Bertz CT molecular complexity index is 173. The second-order valence-corrected chi connectivity index (χ2v) is 3.70. The van der Waals surface area contributed by atoms with Crippen molar-refractivity contribution >= 4 is 6.21 Å². The van der Waals surface area contributed by atoms with Gasteiger partial charge in [-0.05, 0) is 24.7 Å². The molecule has 2 nitrogen and oxygen atoms in total. The SMILES string of the molecule is C=CCC(OCC=N)C1(C)CC1. The second kappa shape index (κ2) is 3.85. The summed E-state index contributed by atoms with van der Waals surface area (Å²) in [5, 5.41) is 6.88. The minimum atomic E-state index is 0.275. The zero-order chi connectivity index (χ0) is 9.03. The van der Waals surface area contributed by atoms with Gasteiger partial charge >= 0.3 is 0 Å². The molecule has 12 heavy (non-hydrogen) atoms. The van der Waals surface area contributed by atoms with Crippen LogP contribution in [0.4, 0.5) is 0 Å². The molecule has 0 spiro atoms. The molecule has 1 aliphatic rings. The van der Waals surface area contributed by atoms with E-state index in [9.17, 15) is 0 Å². The van der Waals surface area contributed by atoms with Crippen LogP contribution in [0.2, 0.25) is 0 Å². The Morgan fingerprint density at radius 1 is 1.67 bits per heavy atom. The predicted molar refractivity (Wildman–Crippen MR) is 50.7 cm³/mol. The molecule has 0 aromatic rings. The van der Waals surface area contributed by atoms with Crippen molar-refractivity contribution < 1.29 is 4.74 Å². The smallest absolute Gasteiger partial charge is 0.0815 e. The van der Waals surface area contributed by atoms with Crippen LogP contribution < -0.4 is 0 Å². The van der Waals surface area contributed by atoms with Gasteiger partial charge in [-0.2, -0.15) is 0 Å². The largest absolute Gasteiger partial charge is 0.372 e. The quantitative estimate of drug-likeness (QED) is 0.478. The standard InChI is InChI=1S/C10H17NO/c1-3-4-9(12-8-7-11)10(2)5-6-10/h3,7,9,11H,1,4-6,8H2,2H3. The van der Waals surface area contributed by atoms with Gasteiger partial charge in [-0.1, -0.05) is 13.0 Å². The molecule has 1 unspecified atom stereocenters. The number of hydrogen-bond acceptors (Lipinski definition) is 2. The Kier molecular flexibility index (Phi) is 3.04. The first-order valence-corrected chi connectivity index (χ1v) is 4.44. The molecule has 0 bridgehead atoms. The highest BCUT2D eigenvalue weighted by Crippen LogP contribution is 2.50. The molecular formula is C10H17NO. The van der Waals surface area contributed by atoms with Crippen molar-refractivity contribution in [3.8, 4) is 0 Å². The lowest BCUT2D eigenvalue weighted by atomic mass is 9.99. The van der Waals surface area contributed by atoms with Crippen LogP contribution in [0.25, 0.3) is 0 Å². The maximum atomic E-state index is 6.88. The Morgan fingerprint density at radius 2 is 2.33 bits per heavy atom. The fraction of sp³-hybridized carbons (Fsp3) is 0.700. The number of nitrogens with one attached hydrogen (secondary N) is 1. The molecule has 0 aromatic carbocycles. The van der Waals surface area contributed by atoms with E-state index in [1.165, 1.54) is 19.1 Å². The van der Waals surface area contributed by atoms with Gasteiger partial charge in [-0.25, -0.2) is 0 Å². The van der Waals surface area contributed by atoms with Gasteiger partial charge in [-0.3, -0.25) is 0 Å². The third-order valence-electron chi connectivity index (χ3n) is 2.58. The molecule has 0 aromatic heterocycles. The lowest BCUT2D eigenvalue weighted by molar-refractivity contribution is 0.0341. The van der Waals surface area contributed by atoms with Crippen LogP contribution in [0.5, 0.6) is 0 Å². The Hall–Kier alpha value is -0.630. The van der Waals surface area contributed by atoms with Gasteiger partial charge in [-0.15, -0.1) is 6.58 Å². The minimum Gasteiger partial charge on any atom is -0.372 e. The fourth-order valence-corrected chi connectivity index (χ4v) is 1.39. The number of ether oxygens (including phenoxy) is 1. The first-order chi connectivity index (χ1) is 5.73. The van der Waals surface area contributed by atoms with Crippen LogP contribution in [-0.4, -0.2) is 18.9 Å². The summed E-state index contributed by atoms with van der Waals surface area (Å²) in [5.41, 5.74) is 0.372. The van der Waals surface area contributed by atoms with Gasteiger partial charge in [0.1, 0.15) is 0 Å². The van der Waals surface area contributed by atoms with E-state index in [4.69, 9.17) is 10.1 Å². The summed E-state index contributed by atoms with van der Waals surface area (Å²) in [6.45, 7) is 6.39. The van der Waals surface area contributed by atoms with Crippen LogP contribution in [0, 0.1) is 10.8 Å². The van der Waals surface area contributed by atoms with Gasteiger partial charge in [0.15, 0.2) is 0 Å². The maximum absolute atomic E-state index is 6.88. The second-order valence-electron chi connectivity index (χ2n) is 3.70. The van der Waals surface area contributed by atoms with E-state index in [1.54, 1.807) is 0 Å². The number of hydrogen-bond donors (Lipinski definition) is 1. The molecule has 0 heterocycles.